The molecule has 2 atom stereocenters. The van der Waals surface area contributed by atoms with Crippen molar-refractivity contribution >= 4 is 17.9 Å². The van der Waals surface area contributed by atoms with E-state index < -0.39 is 11.8 Å². The Morgan fingerprint density at radius 1 is 0.735 bits per heavy atom. The topological polar surface area (TPSA) is 76.7 Å². The van der Waals surface area contributed by atoms with Gasteiger partial charge in [-0.3, -0.25) is 9.59 Å². The van der Waals surface area contributed by atoms with Crippen molar-refractivity contribution in [2.75, 3.05) is 13.2 Å². The summed E-state index contributed by atoms with van der Waals surface area (Å²) in [4.78, 5) is 26.6. The number of ether oxygens (including phenoxy) is 2. The van der Waals surface area contributed by atoms with E-state index in [1.807, 2.05) is 74.5 Å². The summed E-state index contributed by atoms with van der Waals surface area (Å²) < 4.78 is 11.2. The Labute approximate surface area is 199 Å². The van der Waals surface area contributed by atoms with Crippen molar-refractivity contribution in [2.24, 2.45) is 0 Å². The van der Waals surface area contributed by atoms with Gasteiger partial charge in [0.1, 0.15) is 18.8 Å². The molecule has 174 valence electrons. The first-order valence-electron chi connectivity index (χ1n) is 11.3. The van der Waals surface area contributed by atoms with Crippen LogP contribution in [0.15, 0.2) is 84.4 Å². The number of hydrogen-bond acceptors (Lipinski definition) is 4. The summed E-state index contributed by atoms with van der Waals surface area (Å²) in [5.74, 6) is 0.331. The van der Waals surface area contributed by atoms with E-state index in [9.17, 15) is 9.59 Å². The van der Waals surface area contributed by atoms with E-state index in [4.69, 9.17) is 9.47 Å². The minimum absolute atomic E-state index is 0.0160. The normalized spacial score (nSPS) is 13.8. The fourth-order valence-electron chi connectivity index (χ4n) is 3.75. The quantitative estimate of drug-likeness (QED) is 0.310. The molecule has 0 aromatic heterocycles. The second kappa shape index (κ2) is 10.7. The molecule has 0 bridgehead atoms. The Hall–Kier alpha value is -4.06. The summed E-state index contributed by atoms with van der Waals surface area (Å²) in [6.45, 7) is 4.73. The summed E-state index contributed by atoms with van der Waals surface area (Å²) in [5, 5.41) is 5.90. The van der Waals surface area contributed by atoms with Gasteiger partial charge >= 0.3 is 0 Å². The minimum atomic E-state index is -0.455. The van der Waals surface area contributed by atoms with Crippen LogP contribution < -0.4 is 20.1 Å². The molecule has 0 saturated carbocycles. The largest absolute Gasteiger partial charge is 0.486 e. The van der Waals surface area contributed by atoms with Gasteiger partial charge in [-0.15, -0.1) is 0 Å². The van der Waals surface area contributed by atoms with Gasteiger partial charge in [-0.2, -0.15) is 0 Å². The fraction of sp³-hybridized carbons (Fsp3) is 0.214. The zero-order chi connectivity index (χ0) is 23.9. The molecule has 0 aliphatic carbocycles. The maximum absolute atomic E-state index is 13.3. The van der Waals surface area contributed by atoms with Crippen LogP contribution in [0, 0.1) is 0 Å². The summed E-state index contributed by atoms with van der Waals surface area (Å²) in [6.07, 6.45) is 1.58. The first-order valence-corrected chi connectivity index (χ1v) is 11.3. The number of rotatable bonds is 7. The lowest BCUT2D eigenvalue weighted by atomic mass is 10.0. The van der Waals surface area contributed by atoms with Crippen LogP contribution in [-0.4, -0.2) is 25.0 Å². The molecule has 3 aromatic carbocycles. The van der Waals surface area contributed by atoms with Gasteiger partial charge in [-0.05, 0) is 48.7 Å². The Morgan fingerprint density at radius 2 is 1.24 bits per heavy atom. The number of carbonyl (C=O) groups is 2. The van der Waals surface area contributed by atoms with Crippen molar-refractivity contribution in [3.8, 4) is 11.5 Å². The smallest absolute Gasteiger partial charge is 0.257 e. The third kappa shape index (κ3) is 5.64. The van der Waals surface area contributed by atoms with Crippen LogP contribution in [0.4, 0.5) is 0 Å². The SMILES string of the molecule is CC(NC(=O)C(=Cc1ccc2c(c1)OCCO2)C(=O)NC(C)c1ccccc1)c1ccccc1. The van der Waals surface area contributed by atoms with E-state index in [2.05, 4.69) is 10.6 Å². The Bertz CT molecular complexity index is 1110. The average molecular weight is 457 g/mol. The van der Waals surface area contributed by atoms with Crippen molar-refractivity contribution in [3.05, 3.63) is 101 Å². The maximum Gasteiger partial charge on any atom is 0.257 e. The molecule has 1 aliphatic rings. The molecule has 34 heavy (non-hydrogen) atoms. The van der Waals surface area contributed by atoms with Gasteiger partial charge in [0.15, 0.2) is 11.5 Å². The van der Waals surface area contributed by atoms with Gasteiger partial charge in [0.05, 0.1) is 12.1 Å². The molecule has 1 aliphatic heterocycles. The summed E-state index contributed by atoms with van der Waals surface area (Å²) >= 11 is 0. The Balaban J connectivity index is 1.60. The molecule has 1 heterocycles. The highest BCUT2D eigenvalue weighted by molar-refractivity contribution is 6.21. The second-order valence-corrected chi connectivity index (χ2v) is 8.17. The van der Waals surface area contributed by atoms with E-state index in [0.29, 0.717) is 30.3 Å². The van der Waals surface area contributed by atoms with Crippen LogP contribution in [0.2, 0.25) is 0 Å². The zero-order valence-corrected chi connectivity index (χ0v) is 19.3. The molecule has 2 unspecified atom stereocenters. The molecule has 0 fully saturated rings. The van der Waals surface area contributed by atoms with Gasteiger partial charge < -0.3 is 20.1 Å². The highest BCUT2D eigenvalue weighted by atomic mass is 16.6. The van der Waals surface area contributed by atoms with Gasteiger partial charge in [0.2, 0.25) is 0 Å². The molecule has 2 N–H and O–H groups in total. The Morgan fingerprint density at radius 3 is 1.76 bits per heavy atom. The van der Waals surface area contributed by atoms with Crippen molar-refractivity contribution in [3.63, 3.8) is 0 Å². The van der Waals surface area contributed by atoms with Crippen LogP contribution in [0.5, 0.6) is 11.5 Å². The summed E-state index contributed by atoms with van der Waals surface area (Å²) in [5.41, 5.74) is 2.59. The van der Waals surface area contributed by atoms with E-state index in [0.717, 1.165) is 11.1 Å². The number of hydrogen-bond donors (Lipinski definition) is 2. The molecule has 2 amide bonds. The van der Waals surface area contributed by atoms with E-state index >= 15 is 0 Å². The molecular weight excluding hydrogens is 428 g/mol. The van der Waals surface area contributed by atoms with E-state index in [1.54, 1.807) is 24.3 Å². The Kier molecular flexibility index (Phi) is 7.28. The predicted octanol–water partition coefficient (Wildman–Crippen LogP) is 4.60. The predicted molar refractivity (Wildman–Crippen MR) is 131 cm³/mol. The van der Waals surface area contributed by atoms with Crippen LogP contribution in [0.1, 0.15) is 42.6 Å². The van der Waals surface area contributed by atoms with Crippen molar-refractivity contribution in [1.82, 2.24) is 10.6 Å². The third-order valence-corrected chi connectivity index (χ3v) is 5.66. The van der Waals surface area contributed by atoms with E-state index in [1.165, 1.54) is 0 Å². The fourth-order valence-corrected chi connectivity index (χ4v) is 3.75. The van der Waals surface area contributed by atoms with Crippen LogP contribution in [0.3, 0.4) is 0 Å². The zero-order valence-electron chi connectivity index (χ0n) is 19.3. The molecule has 6 heteroatoms. The second-order valence-electron chi connectivity index (χ2n) is 8.17. The van der Waals surface area contributed by atoms with Crippen molar-refractivity contribution in [1.29, 1.82) is 0 Å². The van der Waals surface area contributed by atoms with Gasteiger partial charge in [0, 0.05) is 0 Å². The molecule has 0 radical (unpaired) electrons. The van der Waals surface area contributed by atoms with E-state index in [-0.39, 0.29) is 17.7 Å². The molecule has 3 aromatic rings. The molecule has 0 saturated heterocycles. The first kappa shape index (κ1) is 23.1. The summed E-state index contributed by atoms with van der Waals surface area (Å²) in [6, 6.07) is 24.1. The minimum Gasteiger partial charge on any atom is -0.486 e. The molecule has 4 rings (SSSR count). The maximum atomic E-state index is 13.3. The lowest BCUT2D eigenvalue weighted by Crippen LogP contribution is -2.36. The monoisotopic (exact) mass is 456 g/mol. The number of amides is 2. The van der Waals surface area contributed by atoms with Crippen molar-refractivity contribution < 1.29 is 19.1 Å². The third-order valence-electron chi connectivity index (χ3n) is 5.66. The number of carbonyl (C=O) groups excluding carboxylic acids is 2. The van der Waals surface area contributed by atoms with Gasteiger partial charge in [-0.25, -0.2) is 0 Å². The number of nitrogens with one attached hydrogen (secondary N) is 2. The highest BCUT2D eigenvalue weighted by Crippen LogP contribution is 2.31. The average Bonchev–Trinajstić information content (AvgIpc) is 2.88. The lowest BCUT2D eigenvalue weighted by molar-refractivity contribution is -0.124. The highest BCUT2D eigenvalue weighted by Gasteiger charge is 2.23. The number of fused-ring (bicyclic) bond motifs is 1. The lowest BCUT2D eigenvalue weighted by Gasteiger charge is -2.20. The number of benzene rings is 3. The molecule has 0 spiro atoms. The standard InChI is InChI=1S/C28H28N2O4/c1-19(22-9-5-3-6-10-22)29-27(31)24(28(32)30-20(2)23-11-7-4-8-12-23)17-21-13-14-25-26(18-21)34-16-15-33-25/h3-14,17-20H,15-16H2,1-2H3,(H,29,31)(H,30,32). The molecular formula is C28H28N2O4. The van der Waals surface area contributed by atoms with Crippen LogP contribution >= 0.6 is 0 Å². The summed E-state index contributed by atoms with van der Waals surface area (Å²) in [7, 11) is 0. The van der Waals surface area contributed by atoms with Gasteiger partial charge in [-0.1, -0.05) is 66.7 Å². The first-order chi connectivity index (χ1) is 16.5. The van der Waals surface area contributed by atoms with Crippen LogP contribution in [-0.2, 0) is 9.59 Å². The molecule has 6 nitrogen and oxygen atoms in total. The van der Waals surface area contributed by atoms with Crippen LogP contribution in [0.25, 0.3) is 6.08 Å². The van der Waals surface area contributed by atoms with Crippen molar-refractivity contribution in [2.45, 2.75) is 25.9 Å². The van der Waals surface area contributed by atoms with Gasteiger partial charge in [0.25, 0.3) is 11.8 Å².